The summed E-state index contributed by atoms with van der Waals surface area (Å²) in [5, 5.41) is 2.99. The zero-order valence-electron chi connectivity index (χ0n) is 10.8. The standard InChI is InChI=1S/C12H24N2O2/c1-9(5-13-15)10(2)6-14-7-12(4)16-8-11(14)3/h9-12H,5-8H2,1-4H3/t9?,10?,11-,12-/m1/s1. The summed E-state index contributed by atoms with van der Waals surface area (Å²) < 4.78 is 5.60. The Hall–Kier alpha value is -0.480. The smallest absolute Gasteiger partial charge is 0.0839 e. The fourth-order valence-electron chi connectivity index (χ4n) is 2.07. The summed E-state index contributed by atoms with van der Waals surface area (Å²) in [5.41, 5.74) is 0. The molecule has 2 unspecified atom stereocenters. The van der Waals surface area contributed by atoms with E-state index in [4.69, 9.17) is 4.74 Å². The van der Waals surface area contributed by atoms with Crippen LogP contribution < -0.4 is 0 Å². The molecule has 1 saturated heterocycles. The Morgan fingerprint density at radius 3 is 2.69 bits per heavy atom. The molecule has 0 aromatic carbocycles. The molecule has 0 aromatic rings. The molecular formula is C12H24N2O2. The van der Waals surface area contributed by atoms with E-state index in [-0.39, 0.29) is 0 Å². The molecule has 94 valence electrons. The monoisotopic (exact) mass is 228 g/mol. The molecule has 1 fully saturated rings. The van der Waals surface area contributed by atoms with Crippen LogP contribution in [0.1, 0.15) is 27.7 Å². The second-order valence-corrected chi connectivity index (χ2v) is 5.21. The fraction of sp³-hybridized carbons (Fsp3) is 1.00. The summed E-state index contributed by atoms with van der Waals surface area (Å²) in [5.74, 6) is 0.869. The van der Waals surface area contributed by atoms with Crippen LogP contribution in [0, 0.1) is 16.7 Å². The molecule has 4 nitrogen and oxygen atoms in total. The van der Waals surface area contributed by atoms with Crippen molar-refractivity contribution in [2.45, 2.75) is 39.8 Å². The lowest BCUT2D eigenvalue weighted by molar-refractivity contribution is -0.0554. The van der Waals surface area contributed by atoms with Crippen molar-refractivity contribution in [3.63, 3.8) is 0 Å². The van der Waals surface area contributed by atoms with E-state index in [2.05, 4.69) is 37.8 Å². The first-order valence-corrected chi connectivity index (χ1v) is 6.19. The van der Waals surface area contributed by atoms with E-state index >= 15 is 0 Å². The Kier molecular flexibility index (Phi) is 5.35. The third-order valence-corrected chi connectivity index (χ3v) is 3.59. The lowest BCUT2D eigenvalue weighted by atomic mass is 9.95. The summed E-state index contributed by atoms with van der Waals surface area (Å²) in [6, 6.07) is 0.482. The van der Waals surface area contributed by atoms with Gasteiger partial charge in [-0.15, -0.1) is 0 Å². The molecule has 0 saturated carbocycles. The number of ether oxygens (including phenoxy) is 1. The minimum atomic E-state index is 0.322. The van der Waals surface area contributed by atoms with Crippen molar-refractivity contribution in [2.24, 2.45) is 17.0 Å². The summed E-state index contributed by atoms with van der Waals surface area (Å²) >= 11 is 0. The van der Waals surface area contributed by atoms with Crippen molar-refractivity contribution in [1.82, 2.24) is 4.90 Å². The maximum Gasteiger partial charge on any atom is 0.0839 e. The minimum Gasteiger partial charge on any atom is -0.376 e. The van der Waals surface area contributed by atoms with Gasteiger partial charge in [0.2, 0.25) is 0 Å². The van der Waals surface area contributed by atoms with Gasteiger partial charge in [-0.3, -0.25) is 4.90 Å². The van der Waals surface area contributed by atoms with Gasteiger partial charge in [0.25, 0.3) is 0 Å². The van der Waals surface area contributed by atoms with Crippen molar-refractivity contribution in [3.8, 4) is 0 Å². The van der Waals surface area contributed by atoms with Gasteiger partial charge in [0, 0.05) is 19.1 Å². The normalized spacial score (nSPS) is 31.0. The molecule has 0 aromatic heterocycles. The van der Waals surface area contributed by atoms with Gasteiger partial charge in [0.15, 0.2) is 0 Å². The second kappa shape index (κ2) is 6.30. The van der Waals surface area contributed by atoms with Crippen LogP contribution in [-0.2, 0) is 4.74 Å². The number of rotatable bonds is 5. The average Bonchev–Trinajstić information content (AvgIpc) is 2.23. The zero-order chi connectivity index (χ0) is 12.1. The van der Waals surface area contributed by atoms with Crippen LogP contribution in [0.2, 0.25) is 0 Å². The Bertz CT molecular complexity index is 223. The zero-order valence-corrected chi connectivity index (χ0v) is 10.8. The third-order valence-electron chi connectivity index (χ3n) is 3.59. The maximum atomic E-state index is 10.2. The summed E-state index contributed by atoms with van der Waals surface area (Å²) in [4.78, 5) is 12.7. The Balaban J connectivity index is 2.41. The van der Waals surface area contributed by atoms with Crippen LogP contribution in [0.15, 0.2) is 5.18 Å². The van der Waals surface area contributed by atoms with E-state index in [1.807, 2.05) is 0 Å². The molecule has 0 radical (unpaired) electrons. The lowest BCUT2D eigenvalue weighted by Crippen LogP contribution is -2.49. The highest BCUT2D eigenvalue weighted by molar-refractivity contribution is 4.78. The van der Waals surface area contributed by atoms with Gasteiger partial charge >= 0.3 is 0 Å². The molecule has 1 rings (SSSR count). The number of hydrogen-bond donors (Lipinski definition) is 0. The molecule has 0 bridgehead atoms. The van der Waals surface area contributed by atoms with E-state index in [9.17, 15) is 4.91 Å². The number of hydrogen-bond acceptors (Lipinski definition) is 4. The molecule has 4 atom stereocenters. The van der Waals surface area contributed by atoms with Gasteiger partial charge in [-0.25, -0.2) is 0 Å². The lowest BCUT2D eigenvalue weighted by Gasteiger charge is -2.39. The van der Waals surface area contributed by atoms with Crippen molar-refractivity contribution in [3.05, 3.63) is 4.91 Å². The van der Waals surface area contributed by atoms with E-state index in [1.54, 1.807) is 0 Å². The van der Waals surface area contributed by atoms with Crippen molar-refractivity contribution in [2.75, 3.05) is 26.2 Å². The minimum absolute atomic E-state index is 0.322. The van der Waals surface area contributed by atoms with E-state index in [1.165, 1.54) is 0 Å². The largest absolute Gasteiger partial charge is 0.376 e. The van der Waals surface area contributed by atoms with Crippen molar-refractivity contribution >= 4 is 0 Å². The highest BCUT2D eigenvalue weighted by Gasteiger charge is 2.26. The van der Waals surface area contributed by atoms with Gasteiger partial charge in [-0.05, 0) is 25.7 Å². The molecule has 1 aliphatic rings. The molecule has 1 aliphatic heterocycles. The molecule has 1 heterocycles. The Morgan fingerprint density at radius 1 is 1.38 bits per heavy atom. The number of nitroso groups, excluding NO2 is 1. The SMILES string of the molecule is CC(CN=O)C(C)CN1C[C@@H](C)OC[C@H]1C. The van der Waals surface area contributed by atoms with Crippen molar-refractivity contribution in [1.29, 1.82) is 0 Å². The van der Waals surface area contributed by atoms with Crippen LogP contribution in [0.4, 0.5) is 0 Å². The van der Waals surface area contributed by atoms with Crippen LogP contribution in [-0.4, -0.2) is 43.3 Å². The van der Waals surface area contributed by atoms with E-state index in [0.29, 0.717) is 30.5 Å². The topological polar surface area (TPSA) is 41.9 Å². The first-order chi connectivity index (χ1) is 7.54. The summed E-state index contributed by atoms with van der Waals surface area (Å²) in [6.45, 7) is 11.9. The molecule has 4 heteroatoms. The number of nitrogens with zero attached hydrogens (tertiary/aromatic N) is 2. The van der Waals surface area contributed by atoms with Gasteiger partial charge in [0.1, 0.15) is 0 Å². The van der Waals surface area contributed by atoms with Crippen LogP contribution in [0.5, 0.6) is 0 Å². The molecule has 0 spiro atoms. The predicted molar refractivity (Wildman–Crippen MR) is 65.4 cm³/mol. The number of morpholine rings is 1. The van der Waals surface area contributed by atoms with E-state index < -0.39 is 0 Å². The van der Waals surface area contributed by atoms with Crippen LogP contribution >= 0.6 is 0 Å². The predicted octanol–water partition coefficient (Wildman–Crippen LogP) is 2.13. The first kappa shape index (κ1) is 13.6. The molecule has 0 amide bonds. The molecular weight excluding hydrogens is 204 g/mol. The van der Waals surface area contributed by atoms with E-state index in [0.717, 1.165) is 19.7 Å². The van der Waals surface area contributed by atoms with Crippen molar-refractivity contribution < 1.29 is 4.74 Å². The maximum absolute atomic E-state index is 10.2. The fourth-order valence-corrected chi connectivity index (χ4v) is 2.07. The van der Waals surface area contributed by atoms with Crippen LogP contribution in [0.25, 0.3) is 0 Å². The highest BCUT2D eigenvalue weighted by Crippen LogP contribution is 2.18. The van der Waals surface area contributed by atoms with Gasteiger partial charge in [0.05, 0.1) is 19.3 Å². The Morgan fingerprint density at radius 2 is 2.06 bits per heavy atom. The highest BCUT2D eigenvalue weighted by atomic mass is 16.5. The van der Waals surface area contributed by atoms with Gasteiger partial charge in [-0.2, -0.15) is 4.91 Å². The molecule has 16 heavy (non-hydrogen) atoms. The molecule has 0 aliphatic carbocycles. The van der Waals surface area contributed by atoms with Gasteiger partial charge < -0.3 is 4.74 Å². The van der Waals surface area contributed by atoms with Gasteiger partial charge in [-0.1, -0.05) is 19.0 Å². The average molecular weight is 228 g/mol. The molecule has 0 N–H and O–H groups in total. The van der Waals surface area contributed by atoms with Crippen LogP contribution in [0.3, 0.4) is 0 Å². The first-order valence-electron chi connectivity index (χ1n) is 6.19. The quantitative estimate of drug-likeness (QED) is 0.677. The Labute approximate surface area is 98.3 Å². The second-order valence-electron chi connectivity index (χ2n) is 5.21. The third kappa shape index (κ3) is 3.83. The summed E-state index contributed by atoms with van der Waals surface area (Å²) in [7, 11) is 0. The summed E-state index contributed by atoms with van der Waals surface area (Å²) in [6.07, 6.45) is 0.322.